The minimum Gasteiger partial charge on any atom is -0.493 e. The van der Waals surface area contributed by atoms with Crippen molar-refractivity contribution in [1.82, 2.24) is 5.32 Å². The number of ether oxygens (including phenoxy) is 1. The molecule has 0 radical (unpaired) electrons. The molecule has 0 spiro atoms. The van der Waals surface area contributed by atoms with Crippen LogP contribution in [0.25, 0.3) is 0 Å². The Balaban J connectivity index is 1.93. The quantitative estimate of drug-likeness (QED) is 0.756. The summed E-state index contributed by atoms with van der Waals surface area (Å²) in [5.41, 5.74) is 3.18. The predicted molar refractivity (Wildman–Crippen MR) is 60.2 cm³/mol. The lowest BCUT2D eigenvalue weighted by Gasteiger charge is -2.46. The minimum absolute atomic E-state index is 0.397. The summed E-state index contributed by atoms with van der Waals surface area (Å²) in [5.74, 6) is 1.08. The molecule has 2 aliphatic rings. The topological polar surface area (TPSA) is 21.3 Å². The zero-order valence-corrected chi connectivity index (χ0v) is 9.34. The molecule has 1 fully saturated rings. The molecular weight excluding hydrogens is 186 g/mol. The van der Waals surface area contributed by atoms with E-state index < -0.39 is 0 Å². The number of nitrogens with one attached hydrogen (secondary N) is 1. The highest BCUT2D eigenvalue weighted by atomic mass is 16.5. The molecule has 3 rings (SSSR count). The second-order valence-corrected chi connectivity index (χ2v) is 5.27. The van der Waals surface area contributed by atoms with Gasteiger partial charge in [0.2, 0.25) is 0 Å². The van der Waals surface area contributed by atoms with Crippen LogP contribution in [0, 0.1) is 5.41 Å². The van der Waals surface area contributed by atoms with Gasteiger partial charge in [0.15, 0.2) is 0 Å². The predicted octanol–water partition coefficient (Wildman–Crippen LogP) is 2.29. The zero-order valence-electron chi connectivity index (χ0n) is 9.34. The molecule has 2 aliphatic heterocycles. The molecule has 1 atom stereocenters. The first kappa shape index (κ1) is 9.22. The summed E-state index contributed by atoms with van der Waals surface area (Å²) in [4.78, 5) is 0. The molecule has 1 N–H and O–H groups in total. The van der Waals surface area contributed by atoms with E-state index in [1.54, 1.807) is 0 Å². The Bertz CT molecular complexity index is 398. The fraction of sp³-hybridized carbons (Fsp3) is 0.538. The Morgan fingerprint density at radius 1 is 1.40 bits per heavy atom. The largest absolute Gasteiger partial charge is 0.493 e. The average Bonchev–Trinajstić information content (AvgIpc) is 2.63. The average molecular weight is 203 g/mol. The molecule has 1 aromatic rings. The van der Waals surface area contributed by atoms with Crippen LogP contribution in [0.4, 0.5) is 0 Å². The molecule has 80 valence electrons. The highest BCUT2D eigenvalue weighted by molar-refractivity contribution is 5.41. The van der Waals surface area contributed by atoms with Crippen LogP contribution in [-0.2, 0) is 6.42 Å². The molecule has 0 bridgehead atoms. The van der Waals surface area contributed by atoms with Crippen LogP contribution < -0.4 is 10.1 Å². The molecule has 1 saturated heterocycles. The first-order chi connectivity index (χ1) is 7.17. The number of rotatable bonds is 1. The van der Waals surface area contributed by atoms with Gasteiger partial charge in [-0.15, -0.1) is 0 Å². The van der Waals surface area contributed by atoms with Crippen molar-refractivity contribution in [3.63, 3.8) is 0 Å². The number of hydrogen-bond donors (Lipinski definition) is 1. The van der Waals surface area contributed by atoms with Gasteiger partial charge in [0.1, 0.15) is 5.75 Å². The van der Waals surface area contributed by atoms with Crippen LogP contribution in [0.1, 0.15) is 31.0 Å². The van der Waals surface area contributed by atoms with Gasteiger partial charge in [0.05, 0.1) is 6.61 Å². The van der Waals surface area contributed by atoms with Crippen molar-refractivity contribution >= 4 is 0 Å². The van der Waals surface area contributed by atoms with Gasteiger partial charge in [-0.05, 0) is 22.6 Å². The normalized spacial score (nSPS) is 26.7. The third-order valence-corrected chi connectivity index (χ3v) is 3.59. The summed E-state index contributed by atoms with van der Waals surface area (Å²) >= 11 is 0. The van der Waals surface area contributed by atoms with Crippen LogP contribution in [0.5, 0.6) is 5.75 Å². The maximum Gasteiger partial charge on any atom is 0.122 e. The lowest BCUT2D eigenvalue weighted by atomic mass is 9.73. The van der Waals surface area contributed by atoms with Gasteiger partial charge >= 0.3 is 0 Å². The molecule has 1 unspecified atom stereocenters. The molecular formula is C13H17NO. The van der Waals surface area contributed by atoms with E-state index in [9.17, 15) is 0 Å². The van der Waals surface area contributed by atoms with E-state index in [1.807, 2.05) is 0 Å². The monoisotopic (exact) mass is 203 g/mol. The second kappa shape index (κ2) is 2.99. The molecule has 2 heteroatoms. The summed E-state index contributed by atoms with van der Waals surface area (Å²) in [6.07, 6.45) is 1.07. The molecule has 15 heavy (non-hydrogen) atoms. The molecule has 2 nitrogen and oxygen atoms in total. The lowest BCUT2D eigenvalue weighted by molar-refractivity contribution is 0.128. The van der Waals surface area contributed by atoms with Crippen LogP contribution in [-0.4, -0.2) is 13.2 Å². The van der Waals surface area contributed by atoms with Gasteiger partial charge < -0.3 is 10.1 Å². The van der Waals surface area contributed by atoms with Gasteiger partial charge in [0.25, 0.3) is 0 Å². The standard InChI is InChI=1S/C13H17NO/c1-13(2)8-14-12(13)10-3-4-11-9(7-10)5-6-15-11/h3-4,7,12,14H,5-6,8H2,1-2H3. The first-order valence-electron chi connectivity index (χ1n) is 5.66. The summed E-state index contributed by atoms with van der Waals surface area (Å²) in [6, 6.07) is 7.14. The molecule has 0 saturated carbocycles. The van der Waals surface area contributed by atoms with Crippen molar-refractivity contribution in [2.75, 3.05) is 13.2 Å². The van der Waals surface area contributed by atoms with Gasteiger partial charge in [-0.1, -0.05) is 26.0 Å². The van der Waals surface area contributed by atoms with E-state index in [-0.39, 0.29) is 0 Å². The van der Waals surface area contributed by atoms with Crippen LogP contribution in [0.2, 0.25) is 0 Å². The fourth-order valence-corrected chi connectivity index (χ4v) is 2.57. The van der Waals surface area contributed by atoms with E-state index >= 15 is 0 Å². The summed E-state index contributed by atoms with van der Waals surface area (Å²) < 4.78 is 5.52. The maximum absolute atomic E-state index is 5.52. The Hall–Kier alpha value is -1.02. The van der Waals surface area contributed by atoms with Crippen LogP contribution in [0.15, 0.2) is 18.2 Å². The molecule has 1 aromatic carbocycles. The van der Waals surface area contributed by atoms with E-state index in [2.05, 4.69) is 37.4 Å². The van der Waals surface area contributed by atoms with E-state index in [0.29, 0.717) is 11.5 Å². The van der Waals surface area contributed by atoms with Crippen molar-refractivity contribution in [1.29, 1.82) is 0 Å². The number of hydrogen-bond acceptors (Lipinski definition) is 2. The van der Waals surface area contributed by atoms with E-state index in [0.717, 1.165) is 25.3 Å². The Kier molecular flexibility index (Phi) is 1.84. The molecule has 0 aliphatic carbocycles. The molecule has 2 heterocycles. The number of benzene rings is 1. The van der Waals surface area contributed by atoms with Crippen LogP contribution >= 0.6 is 0 Å². The first-order valence-corrected chi connectivity index (χ1v) is 5.66. The highest BCUT2D eigenvalue weighted by Crippen LogP contribution is 2.41. The Morgan fingerprint density at radius 3 is 2.93 bits per heavy atom. The highest BCUT2D eigenvalue weighted by Gasteiger charge is 2.39. The van der Waals surface area contributed by atoms with Crippen molar-refractivity contribution in [2.24, 2.45) is 5.41 Å². The van der Waals surface area contributed by atoms with E-state index in [1.165, 1.54) is 11.1 Å². The smallest absolute Gasteiger partial charge is 0.122 e. The van der Waals surface area contributed by atoms with E-state index in [4.69, 9.17) is 4.74 Å². The number of fused-ring (bicyclic) bond motifs is 1. The van der Waals surface area contributed by atoms with Gasteiger partial charge in [-0.2, -0.15) is 0 Å². The Labute approximate surface area is 90.6 Å². The summed E-state index contributed by atoms with van der Waals surface area (Å²) in [5, 5.41) is 3.50. The maximum atomic E-state index is 5.52. The van der Waals surface area contributed by atoms with Gasteiger partial charge in [-0.3, -0.25) is 0 Å². The van der Waals surface area contributed by atoms with Crippen molar-refractivity contribution in [2.45, 2.75) is 26.3 Å². The van der Waals surface area contributed by atoms with Crippen molar-refractivity contribution < 1.29 is 4.74 Å². The third kappa shape index (κ3) is 1.36. The fourth-order valence-electron chi connectivity index (χ4n) is 2.57. The van der Waals surface area contributed by atoms with Crippen molar-refractivity contribution in [3.8, 4) is 5.75 Å². The van der Waals surface area contributed by atoms with Gasteiger partial charge in [-0.25, -0.2) is 0 Å². The van der Waals surface area contributed by atoms with Crippen LogP contribution in [0.3, 0.4) is 0 Å². The minimum atomic E-state index is 0.397. The zero-order chi connectivity index (χ0) is 10.5. The Morgan fingerprint density at radius 2 is 2.27 bits per heavy atom. The summed E-state index contributed by atoms with van der Waals surface area (Å²) in [7, 11) is 0. The van der Waals surface area contributed by atoms with Crippen molar-refractivity contribution in [3.05, 3.63) is 29.3 Å². The second-order valence-electron chi connectivity index (χ2n) is 5.27. The summed E-state index contributed by atoms with van der Waals surface area (Å²) in [6.45, 7) is 6.60. The molecule has 0 aromatic heterocycles. The third-order valence-electron chi connectivity index (χ3n) is 3.59. The molecule has 0 amide bonds. The SMILES string of the molecule is CC1(C)CNC1c1ccc2c(c1)CCO2. The van der Waals surface area contributed by atoms with Gasteiger partial charge in [0, 0.05) is 19.0 Å². The lowest BCUT2D eigenvalue weighted by Crippen LogP contribution is -2.52.